The largest absolute Gasteiger partial charge is 0.351 e. The molecule has 162 valence electrons. The first kappa shape index (κ1) is 20.1. The number of hydrogen-bond acceptors (Lipinski definition) is 4. The van der Waals surface area contributed by atoms with Gasteiger partial charge in [-0.3, -0.25) is 9.55 Å². The summed E-state index contributed by atoms with van der Waals surface area (Å²) < 4.78 is 3.35. The van der Waals surface area contributed by atoms with Gasteiger partial charge >= 0.3 is 0 Å². The topological polar surface area (TPSA) is 46.0 Å². The molecule has 1 N–H and O–H groups in total. The standard InChI is InChI=1S/C26H21N5S2/c1-17-11-13-18(14-12-17)31-24(23(29-25(31)32)20-8-4-5-15-27-20)21-9-6-16-30(21)26-28-19-7-2-3-10-22(19)33-26/h2-16,23-24H,1H3,(H,29,32)/t23-,24+/m1/s1. The van der Waals surface area contributed by atoms with Gasteiger partial charge in [0.1, 0.15) is 6.04 Å². The Bertz CT molecular complexity index is 1410. The van der Waals surface area contributed by atoms with Gasteiger partial charge in [0, 0.05) is 18.1 Å². The van der Waals surface area contributed by atoms with Crippen LogP contribution in [0.15, 0.2) is 91.3 Å². The summed E-state index contributed by atoms with van der Waals surface area (Å²) in [6.07, 6.45) is 3.91. The highest BCUT2D eigenvalue weighted by molar-refractivity contribution is 7.80. The van der Waals surface area contributed by atoms with Crippen molar-refractivity contribution in [3.8, 4) is 5.13 Å². The maximum absolute atomic E-state index is 5.86. The highest BCUT2D eigenvalue weighted by atomic mass is 32.1. The van der Waals surface area contributed by atoms with Crippen LogP contribution in [0.3, 0.4) is 0 Å². The minimum atomic E-state index is -0.0944. The van der Waals surface area contributed by atoms with Crippen molar-refractivity contribution in [1.82, 2.24) is 19.9 Å². The molecule has 6 rings (SSSR count). The van der Waals surface area contributed by atoms with Crippen molar-refractivity contribution in [1.29, 1.82) is 0 Å². The fraction of sp³-hybridized carbons (Fsp3) is 0.115. The van der Waals surface area contributed by atoms with E-state index in [9.17, 15) is 0 Å². The number of thiazole rings is 1. The molecule has 0 saturated carbocycles. The highest BCUT2D eigenvalue weighted by Gasteiger charge is 2.42. The number of pyridine rings is 1. The third-order valence-corrected chi connectivity index (χ3v) is 7.33. The van der Waals surface area contributed by atoms with Gasteiger partial charge in [0.2, 0.25) is 0 Å². The van der Waals surface area contributed by atoms with E-state index in [4.69, 9.17) is 17.2 Å². The van der Waals surface area contributed by atoms with E-state index in [0.717, 1.165) is 27.7 Å². The summed E-state index contributed by atoms with van der Waals surface area (Å²) in [5, 5.41) is 5.18. The lowest BCUT2D eigenvalue weighted by atomic mass is 10.0. The van der Waals surface area contributed by atoms with Gasteiger partial charge in [0.05, 0.1) is 27.6 Å². The fourth-order valence-corrected chi connectivity index (χ4v) is 5.73. The van der Waals surface area contributed by atoms with Crippen molar-refractivity contribution in [3.05, 3.63) is 108 Å². The number of fused-ring (bicyclic) bond motifs is 1. The Morgan fingerprint density at radius 1 is 0.939 bits per heavy atom. The number of benzene rings is 2. The zero-order chi connectivity index (χ0) is 22.4. The summed E-state index contributed by atoms with van der Waals surface area (Å²) in [6.45, 7) is 2.09. The molecule has 1 saturated heterocycles. The summed E-state index contributed by atoms with van der Waals surface area (Å²) in [6, 6.07) is 26.8. The van der Waals surface area contributed by atoms with Crippen LogP contribution in [0.4, 0.5) is 5.69 Å². The first-order valence-electron chi connectivity index (χ1n) is 10.8. The molecule has 33 heavy (non-hydrogen) atoms. The Morgan fingerprint density at radius 2 is 1.76 bits per heavy atom. The van der Waals surface area contributed by atoms with Gasteiger partial charge in [0.25, 0.3) is 0 Å². The molecular weight excluding hydrogens is 446 g/mol. The summed E-state index contributed by atoms with van der Waals surface area (Å²) >= 11 is 7.55. The second-order valence-electron chi connectivity index (χ2n) is 8.10. The van der Waals surface area contributed by atoms with E-state index in [2.05, 4.69) is 93.6 Å². The van der Waals surface area contributed by atoms with Crippen LogP contribution >= 0.6 is 23.6 Å². The highest BCUT2D eigenvalue weighted by Crippen LogP contribution is 2.42. The van der Waals surface area contributed by atoms with Crippen LogP contribution in [0.2, 0.25) is 0 Å². The molecule has 3 aromatic heterocycles. The van der Waals surface area contributed by atoms with Crippen LogP contribution < -0.4 is 10.2 Å². The molecule has 2 atom stereocenters. The van der Waals surface area contributed by atoms with Crippen molar-refractivity contribution in [2.45, 2.75) is 19.0 Å². The number of nitrogens with zero attached hydrogens (tertiary/aromatic N) is 4. The van der Waals surface area contributed by atoms with Crippen LogP contribution in [-0.2, 0) is 0 Å². The van der Waals surface area contributed by atoms with Crippen LogP contribution in [0, 0.1) is 6.92 Å². The number of para-hydroxylation sites is 1. The van der Waals surface area contributed by atoms with Crippen molar-refractivity contribution in [2.75, 3.05) is 4.90 Å². The number of hydrogen-bond donors (Lipinski definition) is 1. The lowest BCUT2D eigenvalue weighted by Crippen LogP contribution is -2.30. The molecule has 0 unspecified atom stereocenters. The van der Waals surface area contributed by atoms with E-state index in [1.165, 1.54) is 10.3 Å². The van der Waals surface area contributed by atoms with Gasteiger partial charge in [-0.25, -0.2) is 4.98 Å². The number of thiocarbonyl (C=S) groups is 1. The average molecular weight is 468 g/mol. The molecule has 7 heteroatoms. The molecule has 0 spiro atoms. The summed E-state index contributed by atoms with van der Waals surface area (Å²) in [7, 11) is 0. The average Bonchev–Trinajstić information content (AvgIpc) is 3.56. The lowest BCUT2D eigenvalue weighted by Gasteiger charge is -2.28. The molecule has 0 aliphatic carbocycles. The zero-order valence-electron chi connectivity index (χ0n) is 17.9. The zero-order valence-corrected chi connectivity index (χ0v) is 19.6. The second-order valence-corrected chi connectivity index (χ2v) is 9.50. The number of aryl methyl sites for hydroxylation is 1. The molecule has 1 fully saturated rings. The monoisotopic (exact) mass is 467 g/mol. The number of aromatic nitrogens is 3. The van der Waals surface area contributed by atoms with Crippen molar-refractivity contribution < 1.29 is 0 Å². The van der Waals surface area contributed by atoms with Crippen LogP contribution in [0.25, 0.3) is 15.3 Å². The van der Waals surface area contributed by atoms with Gasteiger partial charge in [0.15, 0.2) is 10.2 Å². The Hall–Kier alpha value is -3.55. The third-order valence-electron chi connectivity index (χ3n) is 5.98. The van der Waals surface area contributed by atoms with Gasteiger partial charge in [-0.2, -0.15) is 0 Å². The van der Waals surface area contributed by atoms with E-state index in [1.54, 1.807) is 11.3 Å². The predicted molar refractivity (Wildman–Crippen MR) is 138 cm³/mol. The van der Waals surface area contributed by atoms with E-state index in [0.29, 0.717) is 5.11 Å². The fourth-order valence-electron chi connectivity index (χ4n) is 4.41. The van der Waals surface area contributed by atoms with Gasteiger partial charge < -0.3 is 10.2 Å². The Balaban J connectivity index is 1.51. The molecule has 2 aromatic carbocycles. The molecule has 0 amide bonds. The summed E-state index contributed by atoms with van der Waals surface area (Å²) in [5.74, 6) is 0. The molecule has 4 heterocycles. The van der Waals surface area contributed by atoms with E-state index in [-0.39, 0.29) is 12.1 Å². The van der Waals surface area contributed by atoms with Gasteiger partial charge in [-0.05, 0) is 67.7 Å². The molecule has 1 aliphatic heterocycles. The maximum Gasteiger partial charge on any atom is 0.194 e. The molecular formula is C26H21N5S2. The maximum atomic E-state index is 5.86. The first-order chi connectivity index (χ1) is 16.2. The third kappa shape index (κ3) is 3.50. The smallest absolute Gasteiger partial charge is 0.194 e. The second kappa shape index (κ2) is 8.10. The molecule has 5 aromatic rings. The minimum Gasteiger partial charge on any atom is -0.351 e. The minimum absolute atomic E-state index is 0.0860. The van der Waals surface area contributed by atoms with Crippen molar-refractivity contribution in [3.63, 3.8) is 0 Å². The van der Waals surface area contributed by atoms with E-state index < -0.39 is 0 Å². The SMILES string of the molecule is Cc1ccc(N2C(=S)N[C@H](c3ccccn3)[C@@H]2c2cccn2-c2nc3ccccc3s2)cc1. The van der Waals surface area contributed by atoms with E-state index in [1.807, 2.05) is 24.4 Å². The van der Waals surface area contributed by atoms with Crippen LogP contribution in [0.5, 0.6) is 0 Å². The Kier molecular flexibility index (Phi) is 4.93. The van der Waals surface area contributed by atoms with Crippen molar-refractivity contribution >= 4 is 44.6 Å². The van der Waals surface area contributed by atoms with E-state index >= 15 is 0 Å². The number of nitrogens with one attached hydrogen (secondary N) is 1. The summed E-state index contributed by atoms with van der Waals surface area (Å²) in [5.41, 5.74) is 5.34. The molecule has 1 aliphatic rings. The molecule has 0 radical (unpaired) electrons. The Labute approximate surface area is 201 Å². The summed E-state index contributed by atoms with van der Waals surface area (Å²) in [4.78, 5) is 11.8. The Morgan fingerprint density at radius 3 is 2.55 bits per heavy atom. The van der Waals surface area contributed by atoms with Crippen molar-refractivity contribution in [2.24, 2.45) is 0 Å². The quantitative estimate of drug-likeness (QED) is 0.330. The number of anilines is 1. The predicted octanol–water partition coefficient (Wildman–Crippen LogP) is 5.97. The van der Waals surface area contributed by atoms with Crippen LogP contribution in [0.1, 0.15) is 29.0 Å². The van der Waals surface area contributed by atoms with Crippen LogP contribution in [-0.4, -0.2) is 19.6 Å². The number of rotatable bonds is 4. The lowest BCUT2D eigenvalue weighted by molar-refractivity contribution is 0.549. The first-order valence-corrected chi connectivity index (χ1v) is 12.0. The normalized spacial score (nSPS) is 18.1. The van der Waals surface area contributed by atoms with Gasteiger partial charge in [-0.1, -0.05) is 47.2 Å². The van der Waals surface area contributed by atoms with Gasteiger partial charge in [-0.15, -0.1) is 0 Å². The molecule has 5 nitrogen and oxygen atoms in total. The molecule has 0 bridgehead atoms.